The first kappa shape index (κ1) is 13.7. The molecule has 102 valence electrons. The fourth-order valence-corrected chi connectivity index (χ4v) is 2.46. The van der Waals surface area contributed by atoms with E-state index in [9.17, 15) is 4.79 Å². The zero-order chi connectivity index (χ0) is 13.8. The molecule has 3 nitrogen and oxygen atoms in total. The summed E-state index contributed by atoms with van der Waals surface area (Å²) in [7, 11) is 3.23. The zero-order valence-electron chi connectivity index (χ0n) is 11.7. The minimum Gasteiger partial charge on any atom is -0.493 e. The van der Waals surface area contributed by atoms with Crippen LogP contribution >= 0.6 is 0 Å². The highest BCUT2D eigenvalue weighted by molar-refractivity contribution is 6.01. The van der Waals surface area contributed by atoms with Crippen LogP contribution in [0, 0.1) is 5.92 Å². The Kier molecular flexibility index (Phi) is 4.25. The first-order chi connectivity index (χ1) is 9.15. The number of methoxy groups -OCH3 is 2. The van der Waals surface area contributed by atoms with Crippen molar-refractivity contribution < 1.29 is 14.3 Å². The highest BCUT2D eigenvalue weighted by Gasteiger charge is 2.22. The summed E-state index contributed by atoms with van der Waals surface area (Å²) in [5.74, 6) is 1.82. The lowest BCUT2D eigenvalue weighted by atomic mass is 9.84. The quantitative estimate of drug-likeness (QED) is 0.781. The Morgan fingerprint density at radius 1 is 1.21 bits per heavy atom. The molecule has 1 atom stereocenters. The third kappa shape index (κ3) is 2.98. The molecule has 1 saturated carbocycles. The van der Waals surface area contributed by atoms with Crippen LogP contribution in [0.2, 0.25) is 0 Å². The number of carbonyl (C=O) groups excluding carboxylic acids is 1. The van der Waals surface area contributed by atoms with E-state index >= 15 is 0 Å². The van der Waals surface area contributed by atoms with Gasteiger partial charge in [0.25, 0.3) is 0 Å². The molecule has 1 aliphatic carbocycles. The molecule has 2 rings (SSSR count). The number of benzene rings is 1. The average molecular weight is 260 g/mol. The van der Waals surface area contributed by atoms with Crippen LogP contribution in [0.3, 0.4) is 0 Å². The van der Waals surface area contributed by atoms with Crippen LogP contribution in [0.1, 0.15) is 31.7 Å². The lowest BCUT2D eigenvalue weighted by Crippen LogP contribution is -2.18. The second-order valence-corrected chi connectivity index (χ2v) is 4.94. The first-order valence-corrected chi connectivity index (χ1v) is 6.62. The number of allylic oxidation sites excluding steroid dienone is 1. The number of hydrogen-bond acceptors (Lipinski definition) is 3. The lowest BCUT2D eigenvalue weighted by Gasteiger charge is -2.19. The predicted molar refractivity (Wildman–Crippen MR) is 75.5 cm³/mol. The molecule has 0 aliphatic heterocycles. The van der Waals surface area contributed by atoms with Crippen molar-refractivity contribution in [3.63, 3.8) is 0 Å². The van der Waals surface area contributed by atoms with Gasteiger partial charge in [0.1, 0.15) is 0 Å². The van der Waals surface area contributed by atoms with E-state index in [1.54, 1.807) is 14.2 Å². The van der Waals surface area contributed by atoms with E-state index in [-0.39, 0.29) is 11.7 Å². The molecule has 0 spiro atoms. The van der Waals surface area contributed by atoms with Crippen molar-refractivity contribution in [2.45, 2.75) is 26.2 Å². The van der Waals surface area contributed by atoms with E-state index in [0.717, 1.165) is 30.4 Å². The third-order valence-corrected chi connectivity index (χ3v) is 3.60. The monoisotopic (exact) mass is 260 g/mol. The van der Waals surface area contributed by atoms with Crippen LogP contribution in [0.15, 0.2) is 23.8 Å². The Bertz CT molecular complexity index is 503. The van der Waals surface area contributed by atoms with Crippen molar-refractivity contribution in [2.24, 2.45) is 5.92 Å². The highest BCUT2D eigenvalue weighted by Crippen LogP contribution is 2.31. The van der Waals surface area contributed by atoms with Crippen molar-refractivity contribution in [3.05, 3.63) is 29.3 Å². The van der Waals surface area contributed by atoms with E-state index in [0.29, 0.717) is 11.5 Å². The Morgan fingerprint density at radius 2 is 1.95 bits per heavy atom. The van der Waals surface area contributed by atoms with Crippen LogP contribution in [0.25, 0.3) is 6.08 Å². The van der Waals surface area contributed by atoms with Crippen LogP contribution < -0.4 is 9.47 Å². The molecule has 0 saturated heterocycles. The van der Waals surface area contributed by atoms with E-state index in [2.05, 4.69) is 0 Å². The molecule has 3 heteroatoms. The lowest BCUT2D eigenvalue weighted by molar-refractivity contribution is -0.119. The normalized spacial score (nSPS) is 21.5. The number of ketones is 1. The fraction of sp³-hybridized carbons (Fsp3) is 0.438. The van der Waals surface area contributed by atoms with Gasteiger partial charge in [0.2, 0.25) is 0 Å². The zero-order valence-corrected chi connectivity index (χ0v) is 11.7. The van der Waals surface area contributed by atoms with Crippen LogP contribution in [-0.2, 0) is 4.79 Å². The Balaban J connectivity index is 2.29. The van der Waals surface area contributed by atoms with Crippen molar-refractivity contribution in [1.82, 2.24) is 0 Å². The maximum absolute atomic E-state index is 12.1. The van der Waals surface area contributed by atoms with E-state index in [1.165, 1.54) is 0 Å². The molecule has 1 fully saturated rings. The number of rotatable bonds is 3. The summed E-state index contributed by atoms with van der Waals surface area (Å²) in [6, 6.07) is 5.71. The van der Waals surface area contributed by atoms with Crippen LogP contribution in [0.5, 0.6) is 11.5 Å². The minimum atomic E-state index is 0.153. The molecule has 19 heavy (non-hydrogen) atoms. The van der Waals surface area contributed by atoms with Crippen molar-refractivity contribution in [2.75, 3.05) is 14.2 Å². The molecule has 0 heterocycles. The molecule has 0 bridgehead atoms. The molecular formula is C16H20O3. The smallest absolute Gasteiger partial charge is 0.161 e. The standard InChI is InChI=1S/C16H20O3/c1-11-5-4-6-13(16(11)17)9-12-7-8-14(18-2)15(10-12)19-3/h7-11H,4-6H2,1-3H3/b13-9+/t11-/m1/s1. The van der Waals surface area contributed by atoms with E-state index in [4.69, 9.17) is 9.47 Å². The fourth-order valence-electron chi connectivity index (χ4n) is 2.46. The molecule has 0 N–H and O–H groups in total. The molecule has 0 unspecified atom stereocenters. The van der Waals surface area contributed by atoms with Crippen LogP contribution in [-0.4, -0.2) is 20.0 Å². The van der Waals surface area contributed by atoms with Crippen molar-refractivity contribution >= 4 is 11.9 Å². The van der Waals surface area contributed by atoms with Gasteiger partial charge in [-0.05, 0) is 48.6 Å². The molecule has 0 aromatic heterocycles. The van der Waals surface area contributed by atoms with Gasteiger partial charge in [0, 0.05) is 5.92 Å². The number of hydrogen-bond donors (Lipinski definition) is 0. The Morgan fingerprint density at radius 3 is 2.63 bits per heavy atom. The van der Waals surface area contributed by atoms with Gasteiger partial charge in [-0.25, -0.2) is 0 Å². The van der Waals surface area contributed by atoms with Gasteiger partial charge in [0.05, 0.1) is 14.2 Å². The van der Waals surface area contributed by atoms with E-state index < -0.39 is 0 Å². The van der Waals surface area contributed by atoms with Gasteiger partial charge >= 0.3 is 0 Å². The molecular weight excluding hydrogens is 240 g/mol. The van der Waals surface area contributed by atoms with Gasteiger partial charge < -0.3 is 9.47 Å². The van der Waals surface area contributed by atoms with Gasteiger partial charge in [-0.2, -0.15) is 0 Å². The summed E-state index contributed by atoms with van der Waals surface area (Å²) >= 11 is 0. The Labute approximate surface area is 114 Å². The SMILES string of the molecule is COc1ccc(/C=C2\CCC[C@@H](C)C2=O)cc1OC. The molecule has 0 radical (unpaired) electrons. The topological polar surface area (TPSA) is 35.5 Å². The van der Waals surface area contributed by atoms with Crippen molar-refractivity contribution in [1.29, 1.82) is 0 Å². The van der Waals surface area contributed by atoms with Crippen LogP contribution in [0.4, 0.5) is 0 Å². The number of carbonyl (C=O) groups is 1. The summed E-state index contributed by atoms with van der Waals surface area (Å²) < 4.78 is 10.5. The number of Topliss-reactive ketones (excluding diaryl/α,β-unsaturated/α-hetero) is 1. The average Bonchev–Trinajstić information content (AvgIpc) is 2.43. The Hall–Kier alpha value is -1.77. The summed E-state index contributed by atoms with van der Waals surface area (Å²) in [4.78, 5) is 12.1. The first-order valence-electron chi connectivity index (χ1n) is 6.62. The molecule has 1 aromatic carbocycles. The predicted octanol–water partition coefficient (Wildman–Crippen LogP) is 3.48. The third-order valence-electron chi connectivity index (χ3n) is 3.60. The molecule has 0 amide bonds. The van der Waals surface area contributed by atoms with E-state index in [1.807, 2.05) is 31.2 Å². The van der Waals surface area contributed by atoms with Gasteiger partial charge in [-0.3, -0.25) is 4.79 Å². The van der Waals surface area contributed by atoms with Gasteiger partial charge in [-0.15, -0.1) is 0 Å². The summed E-state index contributed by atoms with van der Waals surface area (Å²) in [5, 5.41) is 0. The van der Waals surface area contributed by atoms with Gasteiger partial charge in [0.15, 0.2) is 17.3 Å². The summed E-state index contributed by atoms with van der Waals surface area (Å²) in [5.41, 5.74) is 1.90. The maximum Gasteiger partial charge on any atom is 0.161 e. The highest BCUT2D eigenvalue weighted by atomic mass is 16.5. The minimum absolute atomic E-state index is 0.153. The molecule has 1 aromatic rings. The number of ether oxygens (including phenoxy) is 2. The second kappa shape index (κ2) is 5.91. The molecule has 1 aliphatic rings. The van der Waals surface area contributed by atoms with Gasteiger partial charge in [-0.1, -0.05) is 13.0 Å². The second-order valence-electron chi connectivity index (χ2n) is 4.94. The summed E-state index contributed by atoms with van der Waals surface area (Å²) in [6.45, 7) is 2.00. The largest absolute Gasteiger partial charge is 0.493 e. The maximum atomic E-state index is 12.1. The van der Waals surface area contributed by atoms with Crippen molar-refractivity contribution in [3.8, 4) is 11.5 Å². The summed E-state index contributed by atoms with van der Waals surface area (Å²) in [6.07, 6.45) is 4.94.